The smallest absolute Gasteiger partial charge is 0.305 e. The van der Waals surface area contributed by atoms with Crippen LogP contribution in [-0.2, 0) is 4.79 Å². The number of halogens is 1. The van der Waals surface area contributed by atoms with Crippen LogP contribution in [0.15, 0.2) is 46.9 Å². The van der Waals surface area contributed by atoms with Gasteiger partial charge in [-0.15, -0.1) is 0 Å². The first-order valence-corrected chi connectivity index (χ1v) is 9.26. The van der Waals surface area contributed by atoms with Crippen molar-refractivity contribution in [3.63, 3.8) is 0 Å². The Bertz CT molecular complexity index is 1140. The zero-order valence-corrected chi connectivity index (χ0v) is 16.2. The van der Waals surface area contributed by atoms with Crippen molar-refractivity contribution >= 4 is 40.5 Å². The Morgan fingerprint density at radius 3 is 2.72 bits per heavy atom. The molecule has 0 spiro atoms. The molecule has 0 atom stereocenters. The number of hydrogen-bond acceptors (Lipinski definition) is 5. The number of fused-ring (bicyclic) bond motifs is 2. The Kier molecular flexibility index (Phi) is 5.14. The lowest BCUT2D eigenvalue weighted by Gasteiger charge is -2.19. The Hall–Kier alpha value is -3.45. The number of amides is 2. The minimum atomic E-state index is -0.539. The molecule has 2 heterocycles. The summed E-state index contributed by atoms with van der Waals surface area (Å²) in [5.74, 6) is 0.112. The zero-order chi connectivity index (χ0) is 20.4. The molecule has 1 aliphatic rings. The van der Waals surface area contributed by atoms with Crippen molar-refractivity contribution in [2.24, 2.45) is 0 Å². The third-order valence-electron chi connectivity index (χ3n) is 4.40. The Labute approximate surface area is 171 Å². The minimum absolute atomic E-state index is 0.147. The van der Waals surface area contributed by atoms with Gasteiger partial charge < -0.3 is 13.9 Å². The van der Waals surface area contributed by atoms with E-state index in [1.165, 1.54) is 6.08 Å². The van der Waals surface area contributed by atoms with Gasteiger partial charge in [0, 0.05) is 17.0 Å². The van der Waals surface area contributed by atoms with Crippen molar-refractivity contribution in [1.29, 1.82) is 0 Å². The van der Waals surface area contributed by atoms with Crippen molar-refractivity contribution in [3.8, 4) is 11.5 Å². The van der Waals surface area contributed by atoms with Gasteiger partial charge in [-0.1, -0.05) is 29.8 Å². The molecule has 2 amide bonds. The van der Waals surface area contributed by atoms with Crippen LogP contribution in [0.4, 0.5) is 0 Å². The average molecular weight is 413 g/mol. The summed E-state index contributed by atoms with van der Waals surface area (Å²) in [6.45, 7) is 2.66. The number of hydrazine groups is 1. The van der Waals surface area contributed by atoms with Gasteiger partial charge in [-0.25, -0.2) is 0 Å². The van der Waals surface area contributed by atoms with E-state index in [9.17, 15) is 9.59 Å². The average Bonchev–Trinajstić information content (AvgIpc) is 3.07. The largest absolute Gasteiger partial charge is 0.486 e. The van der Waals surface area contributed by atoms with E-state index in [0.717, 1.165) is 5.39 Å². The lowest BCUT2D eigenvalue weighted by Crippen LogP contribution is -2.40. The van der Waals surface area contributed by atoms with Crippen molar-refractivity contribution in [2.75, 3.05) is 13.2 Å². The number of carbonyl (C=O) groups is 2. The van der Waals surface area contributed by atoms with Crippen LogP contribution in [0.3, 0.4) is 0 Å². The molecule has 0 fully saturated rings. The molecule has 0 radical (unpaired) electrons. The number of rotatable bonds is 3. The number of ether oxygens (including phenoxy) is 2. The number of para-hydroxylation sites is 1. The molecule has 2 N–H and O–H groups in total. The van der Waals surface area contributed by atoms with Crippen molar-refractivity contribution < 1.29 is 23.5 Å². The molecule has 148 valence electrons. The van der Waals surface area contributed by atoms with E-state index in [4.69, 9.17) is 25.5 Å². The Morgan fingerprint density at radius 2 is 1.90 bits per heavy atom. The SMILES string of the molecule is Cc1c(C(=O)NNC(=O)/C=C/c2cc(Cl)c3c(c2)OCCO3)oc2ccccc12. The van der Waals surface area contributed by atoms with Crippen LogP contribution in [0.1, 0.15) is 21.7 Å². The topological polar surface area (TPSA) is 89.8 Å². The second-order valence-corrected chi connectivity index (χ2v) is 6.76. The van der Waals surface area contributed by atoms with Crippen molar-refractivity contribution in [1.82, 2.24) is 10.9 Å². The highest BCUT2D eigenvalue weighted by Gasteiger charge is 2.18. The molecule has 7 nitrogen and oxygen atoms in total. The van der Waals surface area contributed by atoms with Gasteiger partial charge in [0.1, 0.15) is 18.8 Å². The van der Waals surface area contributed by atoms with E-state index in [0.29, 0.717) is 46.4 Å². The molecule has 8 heteroatoms. The van der Waals surface area contributed by atoms with Crippen LogP contribution in [0.25, 0.3) is 17.0 Å². The number of furan rings is 1. The van der Waals surface area contributed by atoms with Gasteiger partial charge in [0.2, 0.25) is 0 Å². The van der Waals surface area contributed by atoms with Gasteiger partial charge in [-0.3, -0.25) is 20.4 Å². The molecule has 0 saturated heterocycles. The highest BCUT2D eigenvalue weighted by Crippen LogP contribution is 2.38. The highest BCUT2D eigenvalue weighted by molar-refractivity contribution is 6.32. The van der Waals surface area contributed by atoms with Crippen LogP contribution >= 0.6 is 11.6 Å². The van der Waals surface area contributed by atoms with Crippen LogP contribution in [0.2, 0.25) is 5.02 Å². The van der Waals surface area contributed by atoms with Gasteiger partial charge in [-0.2, -0.15) is 0 Å². The standard InChI is InChI=1S/C21H17ClN2O5/c1-12-14-4-2-3-5-16(14)29-19(12)21(26)24-23-18(25)7-6-13-10-15(22)20-17(11-13)27-8-9-28-20/h2-7,10-11H,8-9H2,1H3,(H,23,25)(H,24,26)/b7-6+. The van der Waals surface area contributed by atoms with Gasteiger partial charge in [0.25, 0.3) is 5.91 Å². The van der Waals surface area contributed by atoms with Crippen molar-refractivity contribution in [2.45, 2.75) is 6.92 Å². The summed E-state index contributed by atoms with van der Waals surface area (Å²) >= 11 is 6.17. The lowest BCUT2D eigenvalue weighted by atomic mass is 10.1. The normalized spacial score (nSPS) is 12.9. The van der Waals surface area contributed by atoms with E-state index in [2.05, 4.69) is 10.9 Å². The molecule has 0 aliphatic carbocycles. The van der Waals surface area contributed by atoms with E-state index in [1.54, 1.807) is 31.2 Å². The molecule has 3 aromatic rings. The molecule has 2 aromatic carbocycles. The maximum atomic E-state index is 12.3. The number of carbonyl (C=O) groups excluding carboxylic acids is 2. The summed E-state index contributed by atoms with van der Waals surface area (Å²) in [5, 5.41) is 1.25. The Balaban J connectivity index is 1.40. The first-order chi connectivity index (χ1) is 14.0. The molecule has 0 bridgehead atoms. The van der Waals surface area contributed by atoms with Crippen molar-refractivity contribution in [3.05, 3.63) is 64.4 Å². The number of nitrogens with one attached hydrogen (secondary N) is 2. The van der Waals surface area contributed by atoms with Crippen LogP contribution < -0.4 is 20.3 Å². The summed E-state index contributed by atoms with van der Waals surface area (Å²) < 4.78 is 16.5. The maximum absolute atomic E-state index is 12.3. The fourth-order valence-electron chi connectivity index (χ4n) is 3.01. The van der Waals surface area contributed by atoms with Crippen LogP contribution in [0.5, 0.6) is 11.5 Å². The Morgan fingerprint density at radius 1 is 1.10 bits per heavy atom. The highest BCUT2D eigenvalue weighted by atomic mass is 35.5. The maximum Gasteiger partial charge on any atom is 0.305 e. The number of hydrogen-bond donors (Lipinski definition) is 2. The summed E-state index contributed by atoms with van der Waals surface area (Å²) in [6, 6.07) is 10.7. The third-order valence-corrected chi connectivity index (χ3v) is 4.68. The quantitative estimate of drug-likeness (QED) is 0.506. The molecule has 0 saturated carbocycles. The summed E-state index contributed by atoms with van der Waals surface area (Å²) in [4.78, 5) is 24.4. The first kappa shape index (κ1) is 18.9. The molecular formula is C21H17ClN2O5. The van der Waals surface area contributed by atoms with E-state index in [-0.39, 0.29) is 5.76 Å². The molecule has 4 rings (SSSR count). The minimum Gasteiger partial charge on any atom is -0.486 e. The lowest BCUT2D eigenvalue weighted by molar-refractivity contribution is -0.117. The zero-order valence-electron chi connectivity index (χ0n) is 15.5. The molecule has 1 aliphatic heterocycles. The molecule has 29 heavy (non-hydrogen) atoms. The monoisotopic (exact) mass is 412 g/mol. The van der Waals surface area contributed by atoms with E-state index in [1.807, 2.05) is 18.2 Å². The van der Waals surface area contributed by atoms with E-state index < -0.39 is 11.8 Å². The first-order valence-electron chi connectivity index (χ1n) is 8.88. The van der Waals surface area contributed by atoms with Gasteiger partial charge >= 0.3 is 5.91 Å². The van der Waals surface area contributed by atoms with Gasteiger partial charge in [0.15, 0.2) is 17.3 Å². The second-order valence-electron chi connectivity index (χ2n) is 6.36. The summed E-state index contributed by atoms with van der Waals surface area (Å²) in [6.07, 6.45) is 2.82. The molecular weight excluding hydrogens is 396 g/mol. The number of benzene rings is 2. The van der Waals surface area contributed by atoms with E-state index >= 15 is 0 Å². The fourth-order valence-corrected chi connectivity index (χ4v) is 3.28. The summed E-state index contributed by atoms with van der Waals surface area (Å²) in [7, 11) is 0. The number of aryl methyl sites for hydroxylation is 1. The molecule has 0 unspecified atom stereocenters. The fraction of sp³-hybridized carbons (Fsp3) is 0.143. The third kappa shape index (κ3) is 3.90. The van der Waals surface area contributed by atoms with Crippen LogP contribution in [-0.4, -0.2) is 25.0 Å². The van der Waals surface area contributed by atoms with Gasteiger partial charge in [-0.05, 0) is 36.8 Å². The van der Waals surface area contributed by atoms with Gasteiger partial charge in [0.05, 0.1) is 5.02 Å². The summed E-state index contributed by atoms with van der Waals surface area (Å²) in [5.41, 5.74) is 6.64. The molecule has 1 aromatic heterocycles. The second kappa shape index (κ2) is 7.89. The predicted molar refractivity (Wildman–Crippen MR) is 108 cm³/mol. The van der Waals surface area contributed by atoms with Crippen LogP contribution in [0, 0.1) is 6.92 Å². The predicted octanol–water partition coefficient (Wildman–Crippen LogP) is 3.64.